The molecule has 1 aromatic rings. The largest absolute Gasteiger partial charge is 0.462 e. The number of amides is 1. The van der Waals surface area contributed by atoms with E-state index < -0.39 is 23.9 Å². The van der Waals surface area contributed by atoms with E-state index in [1.807, 2.05) is 0 Å². The van der Waals surface area contributed by atoms with Gasteiger partial charge in [0.05, 0.1) is 12.2 Å². The van der Waals surface area contributed by atoms with E-state index >= 15 is 0 Å². The summed E-state index contributed by atoms with van der Waals surface area (Å²) < 4.78 is 10.1. The van der Waals surface area contributed by atoms with Gasteiger partial charge in [0, 0.05) is 11.8 Å². The Kier molecular flexibility index (Phi) is 6.58. The Hall–Kier alpha value is -1.89. The van der Waals surface area contributed by atoms with Crippen LogP contribution in [0, 0.1) is 5.92 Å². The Labute approximate surface area is 151 Å². The van der Waals surface area contributed by atoms with Gasteiger partial charge in [0.1, 0.15) is 5.00 Å². The molecule has 25 heavy (non-hydrogen) atoms. The van der Waals surface area contributed by atoms with Crippen LogP contribution >= 0.6 is 11.3 Å². The van der Waals surface area contributed by atoms with Gasteiger partial charge < -0.3 is 14.8 Å². The van der Waals surface area contributed by atoms with Crippen LogP contribution in [0.3, 0.4) is 0 Å². The molecule has 0 aliphatic heterocycles. The third-order valence-electron chi connectivity index (χ3n) is 4.37. The van der Waals surface area contributed by atoms with Crippen LogP contribution in [0.1, 0.15) is 61.3 Å². The van der Waals surface area contributed by atoms with E-state index in [4.69, 9.17) is 9.47 Å². The smallest absolute Gasteiger partial charge is 0.341 e. The molecule has 1 aliphatic rings. The number of thiophene rings is 1. The molecule has 1 aromatic heterocycles. The molecule has 0 radical (unpaired) electrons. The van der Waals surface area contributed by atoms with Gasteiger partial charge in [0.15, 0.2) is 6.10 Å². The first-order valence-electron chi connectivity index (χ1n) is 8.67. The molecule has 0 bridgehead atoms. The summed E-state index contributed by atoms with van der Waals surface area (Å²) >= 11 is 1.43. The van der Waals surface area contributed by atoms with Crippen molar-refractivity contribution >= 4 is 34.2 Å². The van der Waals surface area contributed by atoms with Gasteiger partial charge in [-0.15, -0.1) is 11.3 Å². The minimum Gasteiger partial charge on any atom is -0.462 e. The summed E-state index contributed by atoms with van der Waals surface area (Å²) in [5.41, 5.74) is 1.45. The van der Waals surface area contributed by atoms with Crippen LogP contribution in [-0.4, -0.2) is 30.6 Å². The molecule has 2 atom stereocenters. The first-order chi connectivity index (χ1) is 11.9. The molecule has 0 unspecified atom stereocenters. The lowest BCUT2D eigenvalue weighted by Gasteiger charge is -2.21. The minimum absolute atomic E-state index is 0.276. The summed E-state index contributed by atoms with van der Waals surface area (Å²) in [6.45, 7) is 6.95. The number of esters is 2. The van der Waals surface area contributed by atoms with Gasteiger partial charge in [0.25, 0.3) is 5.91 Å². The number of rotatable bonds is 6. The summed E-state index contributed by atoms with van der Waals surface area (Å²) in [6, 6.07) is 0. The van der Waals surface area contributed by atoms with Crippen molar-refractivity contribution in [3.63, 3.8) is 0 Å². The van der Waals surface area contributed by atoms with Gasteiger partial charge in [-0.05, 0) is 44.6 Å². The zero-order valence-electron chi connectivity index (χ0n) is 15.1. The van der Waals surface area contributed by atoms with Crippen LogP contribution < -0.4 is 5.32 Å². The average molecular weight is 367 g/mol. The fraction of sp³-hybridized carbons (Fsp3) is 0.611. The monoisotopic (exact) mass is 367 g/mol. The van der Waals surface area contributed by atoms with Crippen molar-refractivity contribution in [2.75, 3.05) is 11.9 Å². The molecule has 2 rings (SSSR count). The van der Waals surface area contributed by atoms with Crippen molar-refractivity contribution in [2.24, 2.45) is 5.92 Å². The predicted octanol–water partition coefficient (Wildman–Crippen LogP) is 3.33. The maximum atomic E-state index is 12.4. The molecule has 1 heterocycles. The van der Waals surface area contributed by atoms with Crippen molar-refractivity contribution in [1.82, 2.24) is 0 Å². The predicted molar refractivity (Wildman–Crippen MR) is 95.9 cm³/mol. The van der Waals surface area contributed by atoms with Crippen molar-refractivity contribution in [3.8, 4) is 0 Å². The second kappa shape index (κ2) is 8.47. The zero-order valence-corrected chi connectivity index (χ0v) is 16.0. The number of hydrogen-bond acceptors (Lipinski definition) is 6. The van der Waals surface area contributed by atoms with Gasteiger partial charge >= 0.3 is 11.9 Å². The first-order valence-corrected chi connectivity index (χ1v) is 9.48. The number of hydrogen-bond donors (Lipinski definition) is 1. The Balaban J connectivity index is 2.30. The molecule has 1 amide bonds. The highest BCUT2D eigenvalue weighted by molar-refractivity contribution is 7.17. The van der Waals surface area contributed by atoms with Gasteiger partial charge in [-0.3, -0.25) is 9.59 Å². The standard InChI is InChI=1S/C18H25NO5S/c1-5-12-7-8-13-14(9-12)25-17(15(13)18(22)23-6-2)19-16(21)10(3)24-11(4)20/h10,12H,5-9H2,1-4H3,(H,19,21)/t10-,12+/m0/s1. The topological polar surface area (TPSA) is 81.7 Å². The number of ether oxygens (including phenoxy) is 2. The molecule has 0 fully saturated rings. The zero-order chi connectivity index (χ0) is 18.6. The van der Waals surface area contributed by atoms with Gasteiger partial charge in [-0.1, -0.05) is 13.3 Å². The number of anilines is 1. The van der Waals surface area contributed by atoms with Crippen LogP contribution in [0.15, 0.2) is 0 Å². The SMILES string of the molecule is CCOC(=O)c1c(NC(=O)[C@H](C)OC(C)=O)sc2c1CC[C@@H](CC)C2. The van der Waals surface area contributed by atoms with Crippen molar-refractivity contribution in [2.45, 2.75) is 59.5 Å². The third-order valence-corrected chi connectivity index (χ3v) is 5.54. The van der Waals surface area contributed by atoms with E-state index in [9.17, 15) is 14.4 Å². The lowest BCUT2D eigenvalue weighted by atomic mass is 9.85. The molecule has 0 saturated carbocycles. The number of carbonyl (C=O) groups is 3. The van der Waals surface area contributed by atoms with Crippen LogP contribution in [0.25, 0.3) is 0 Å². The first kappa shape index (κ1) is 19.4. The lowest BCUT2D eigenvalue weighted by molar-refractivity contribution is -0.150. The molecular formula is C18H25NO5S. The van der Waals surface area contributed by atoms with Crippen LogP contribution in [0.5, 0.6) is 0 Å². The van der Waals surface area contributed by atoms with Crippen LogP contribution in [0.2, 0.25) is 0 Å². The molecule has 1 N–H and O–H groups in total. The summed E-state index contributed by atoms with van der Waals surface area (Å²) in [6.07, 6.45) is 2.93. The molecule has 0 aromatic carbocycles. The summed E-state index contributed by atoms with van der Waals surface area (Å²) in [5.74, 6) is -0.786. The van der Waals surface area contributed by atoms with E-state index in [1.54, 1.807) is 6.92 Å². The number of nitrogens with one attached hydrogen (secondary N) is 1. The van der Waals surface area contributed by atoms with Crippen molar-refractivity contribution < 1.29 is 23.9 Å². The molecule has 1 aliphatic carbocycles. The fourth-order valence-corrected chi connectivity index (χ4v) is 4.38. The second-order valence-electron chi connectivity index (χ2n) is 6.19. The van der Waals surface area contributed by atoms with E-state index in [-0.39, 0.29) is 6.61 Å². The van der Waals surface area contributed by atoms with Crippen molar-refractivity contribution in [3.05, 3.63) is 16.0 Å². The third kappa shape index (κ3) is 4.60. The van der Waals surface area contributed by atoms with E-state index in [1.165, 1.54) is 25.2 Å². The maximum Gasteiger partial charge on any atom is 0.341 e. The number of fused-ring (bicyclic) bond motifs is 1. The normalized spacial score (nSPS) is 17.4. The second-order valence-corrected chi connectivity index (χ2v) is 7.29. The maximum absolute atomic E-state index is 12.4. The molecule has 138 valence electrons. The highest BCUT2D eigenvalue weighted by Crippen LogP contribution is 2.40. The fourth-order valence-electron chi connectivity index (χ4n) is 3.03. The molecule has 0 spiro atoms. The van der Waals surface area contributed by atoms with Gasteiger partial charge in [0.2, 0.25) is 0 Å². The molecule has 6 nitrogen and oxygen atoms in total. The van der Waals surface area contributed by atoms with Crippen LogP contribution in [-0.2, 0) is 31.9 Å². The lowest BCUT2D eigenvalue weighted by Crippen LogP contribution is -2.29. The summed E-state index contributed by atoms with van der Waals surface area (Å²) in [5, 5.41) is 3.24. The Bertz CT molecular complexity index is 667. The quantitative estimate of drug-likeness (QED) is 0.780. The summed E-state index contributed by atoms with van der Waals surface area (Å²) in [7, 11) is 0. The van der Waals surface area contributed by atoms with Gasteiger partial charge in [-0.25, -0.2) is 4.79 Å². The van der Waals surface area contributed by atoms with E-state index in [0.29, 0.717) is 16.5 Å². The van der Waals surface area contributed by atoms with Crippen molar-refractivity contribution in [1.29, 1.82) is 0 Å². The Morgan fingerprint density at radius 2 is 2.04 bits per heavy atom. The highest BCUT2D eigenvalue weighted by Gasteiger charge is 2.30. The number of carbonyl (C=O) groups excluding carboxylic acids is 3. The van der Waals surface area contributed by atoms with E-state index in [2.05, 4.69) is 12.2 Å². The minimum atomic E-state index is -0.921. The molecule has 7 heteroatoms. The summed E-state index contributed by atoms with van der Waals surface area (Å²) in [4.78, 5) is 36.9. The Morgan fingerprint density at radius 3 is 2.64 bits per heavy atom. The van der Waals surface area contributed by atoms with Gasteiger partial charge in [-0.2, -0.15) is 0 Å². The molecular weight excluding hydrogens is 342 g/mol. The Morgan fingerprint density at radius 1 is 1.32 bits per heavy atom. The average Bonchev–Trinajstić information content (AvgIpc) is 2.91. The highest BCUT2D eigenvalue weighted by atomic mass is 32.1. The van der Waals surface area contributed by atoms with Crippen LogP contribution in [0.4, 0.5) is 5.00 Å². The van der Waals surface area contributed by atoms with E-state index in [0.717, 1.165) is 36.1 Å². The molecule has 0 saturated heterocycles.